The van der Waals surface area contributed by atoms with Crippen LogP contribution in [0.1, 0.15) is 50.6 Å². The zero-order valence-corrected chi connectivity index (χ0v) is 16.7. The Morgan fingerprint density at radius 3 is 2.70 bits per heavy atom. The van der Waals surface area contributed by atoms with E-state index >= 15 is 0 Å². The lowest BCUT2D eigenvalue weighted by atomic mass is 10.0. The minimum Gasteiger partial charge on any atom is -0.307 e. The fraction of sp³-hybridized carbons (Fsp3) is 0.474. The normalized spacial score (nSPS) is 20.2. The van der Waals surface area contributed by atoms with Crippen molar-refractivity contribution in [2.45, 2.75) is 56.9 Å². The van der Waals surface area contributed by atoms with Gasteiger partial charge >= 0.3 is 6.03 Å². The van der Waals surface area contributed by atoms with E-state index in [-0.39, 0.29) is 5.03 Å². The summed E-state index contributed by atoms with van der Waals surface area (Å²) in [6.07, 6.45) is 9.02. The fourth-order valence-electron chi connectivity index (χ4n) is 3.51. The molecule has 2 aliphatic rings. The average Bonchev–Trinajstić information content (AvgIpc) is 3.19. The number of allylic oxidation sites excluding steroid dienone is 4. The van der Waals surface area contributed by atoms with E-state index in [1.807, 2.05) is 0 Å². The molecule has 0 aliphatic heterocycles. The third kappa shape index (κ3) is 4.32. The van der Waals surface area contributed by atoms with Crippen LogP contribution >= 0.6 is 0 Å². The molecule has 1 aromatic heterocycles. The van der Waals surface area contributed by atoms with Gasteiger partial charge in [-0.1, -0.05) is 12.7 Å². The molecule has 0 unspecified atom stereocenters. The van der Waals surface area contributed by atoms with Gasteiger partial charge in [-0.15, -0.1) is 0 Å². The van der Waals surface area contributed by atoms with Crippen LogP contribution in [0.15, 0.2) is 46.2 Å². The lowest BCUT2D eigenvalue weighted by Crippen LogP contribution is -2.39. The highest BCUT2D eigenvalue weighted by Gasteiger charge is 2.25. The van der Waals surface area contributed by atoms with Gasteiger partial charge in [-0.3, -0.25) is 4.68 Å². The first-order chi connectivity index (χ1) is 12.8. The molecule has 8 heteroatoms. The van der Waals surface area contributed by atoms with Gasteiger partial charge in [0.25, 0.3) is 10.0 Å². The first kappa shape index (κ1) is 19.4. The number of fused-ring (bicyclic) bond motifs is 1. The van der Waals surface area contributed by atoms with Crippen molar-refractivity contribution in [3.8, 4) is 0 Å². The van der Waals surface area contributed by atoms with E-state index in [0.717, 1.165) is 56.1 Å². The topological polar surface area (TPSA) is 93.1 Å². The van der Waals surface area contributed by atoms with Crippen LogP contribution in [-0.4, -0.2) is 24.2 Å². The first-order valence-corrected chi connectivity index (χ1v) is 10.7. The molecule has 2 amide bonds. The van der Waals surface area contributed by atoms with Crippen LogP contribution in [0.25, 0.3) is 0 Å². The molecular weight excluding hydrogens is 364 g/mol. The van der Waals surface area contributed by atoms with Gasteiger partial charge in [-0.2, -0.15) is 13.5 Å². The highest BCUT2D eigenvalue weighted by molar-refractivity contribution is 7.90. The van der Waals surface area contributed by atoms with E-state index in [1.165, 1.54) is 16.3 Å². The Balaban J connectivity index is 1.82. The smallest absolute Gasteiger partial charge is 0.307 e. The summed E-state index contributed by atoms with van der Waals surface area (Å²) < 4.78 is 28.4. The highest BCUT2D eigenvalue weighted by atomic mass is 32.2. The first-order valence-electron chi connectivity index (χ1n) is 9.23. The molecule has 0 saturated heterocycles. The van der Waals surface area contributed by atoms with Gasteiger partial charge in [0.2, 0.25) is 0 Å². The van der Waals surface area contributed by atoms with Crippen LogP contribution in [0.4, 0.5) is 4.79 Å². The van der Waals surface area contributed by atoms with Gasteiger partial charge in [0, 0.05) is 24.5 Å². The summed E-state index contributed by atoms with van der Waals surface area (Å²) in [5.74, 6) is 0. The summed E-state index contributed by atoms with van der Waals surface area (Å²) in [5, 5.41) is 6.52. The Bertz CT molecular complexity index is 919. The summed E-state index contributed by atoms with van der Waals surface area (Å²) >= 11 is 0. The molecule has 0 atom stereocenters. The number of urea groups is 1. The third-order valence-electron chi connectivity index (χ3n) is 5.07. The average molecular weight is 391 g/mol. The monoisotopic (exact) mass is 390 g/mol. The Labute approximate surface area is 160 Å². The zero-order valence-electron chi connectivity index (χ0n) is 15.8. The number of nitrogens with one attached hydrogen (secondary N) is 2. The second kappa shape index (κ2) is 7.72. The Kier molecular flexibility index (Phi) is 5.55. The Morgan fingerprint density at radius 1 is 1.22 bits per heavy atom. The molecule has 2 aliphatic carbocycles. The molecule has 146 valence electrons. The largest absolute Gasteiger partial charge is 0.333 e. The number of aryl methyl sites for hydroxylation is 2. The van der Waals surface area contributed by atoms with Gasteiger partial charge in [0.1, 0.15) is 0 Å². The second-order valence-electron chi connectivity index (χ2n) is 7.09. The minimum absolute atomic E-state index is 0.176. The predicted molar refractivity (Wildman–Crippen MR) is 103 cm³/mol. The maximum atomic E-state index is 12.5. The van der Waals surface area contributed by atoms with Crippen LogP contribution in [0.2, 0.25) is 0 Å². The zero-order chi connectivity index (χ0) is 19.6. The van der Waals surface area contributed by atoms with Gasteiger partial charge < -0.3 is 5.32 Å². The molecule has 0 aromatic carbocycles. The molecule has 1 saturated carbocycles. The third-order valence-corrected chi connectivity index (χ3v) is 6.28. The van der Waals surface area contributed by atoms with Crippen LogP contribution in [-0.2, 0) is 17.1 Å². The maximum absolute atomic E-state index is 12.5. The second-order valence-corrected chi connectivity index (χ2v) is 8.72. The number of hydrogen-bond acceptors (Lipinski definition) is 4. The molecule has 2 N–H and O–H groups in total. The Hall–Kier alpha value is -2.35. The molecule has 3 rings (SSSR count). The lowest BCUT2D eigenvalue weighted by molar-refractivity contribution is 0.248. The molecule has 27 heavy (non-hydrogen) atoms. The summed E-state index contributed by atoms with van der Waals surface area (Å²) in [5.41, 5.74) is 4.54. The van der Waals surface area contributed by atoms with Crippen molar-refractivity contribution in [1.29, 1.82) is 0 Å². The standard InChI is InChI=1S/C19H26N4O3S/c1-13-8-5-4-6-9-15-10-7-11-16(15)18(13)20-19(24)22-27(25,26)17-12-14(2)23(3)21-17/h9,12H,1,4-8,10-11H2,2-3H3,(H2,20,22,24)/b15-9-,18-16?. The summed E-state index contributed by atoms with van der Waals surface area (Å²) in [6.45, 7) is 5.87. The molecule has 1 aromatic rings. The van der Waals surface area contributed by atoms with Crippen molar-refractivity contribution < 1.29 is 13.2 Å². The van der Waals surface area contributed by atoms with Crippen molar-refractivity contribution in [2.75, 3.05) is 0 Å². The fourth-order valence-corrected chi connectivity index (χ4v) is 4.47. The summed E-state index contributed by atoms with van der Waals surface area (Å²) in [7, 11) is -2.39. The number of sulfonamides is 1. The molecule has 0 bridgehead atoms. The number of amides is 2. The summed E-state index contributed by atoms with van der Waals surface area (Å²) in [6, 6.07) is 0.640. The van der Waals surface area contributed by atoms with E-state index in [9.17, 15) is 13.2 Å². The lowest BCUT2D eigenvalue weighted by Gasteiger charge is -2.16. The number of nitrogens with zero attached hydrogens (tertiary/aromatic N) is 2. The van der Waals surface area contributed by atoms with Crippen LogP contribution < -0.4 is 10.0 Å². The van der Waals surface area contributed by atoms with E-state index < -0.39 is 16.1 Å². The van der Waals surface area contributed by atoms with Crippen molar-refractivity contribution >= 4 is 16.1 Å². The number of carbonyl (C=O) groups is 1. The minimum atomic E-state index is -4.04. The van der Waals surface area contributed by atoms with E-state index in [1.54, 1.807) is 14.0 Å². The van der Waals surface area contributed by atoms with Gasteiger partial charge in [0.05, 0.1) is 0 Å². The number of rotatable bonds is 3. The molecule has 0 radical (unpaired) electrons. The summed E-state index contributed by atoms with van der Waals surface area (Å²) in [4.78, 5) is 12.5. The van der Waals surface area contributed by atoms with E-state index in [2.05, 4.69) is 27.8 Å². The predicted octanol–water partition coefficient (Wildman–Crippen LogP) is 3.21. The van der Waals surface area contributed by atoms with Gasteiger partial charge in [0.15, 0.2) is 5.03 Å². The van der Waals surface area contributed by atoms with E-state index in [4.69, 9.17) is 0 Å². The van der Waals surface area contributed by atoms with Crippen LogP contribution in [0.5, 0.6) is 0 Å². The SMILES string of the molecule is C=C1CCCC/C=C2/CCCC2=C1NC(=O)NS(=O)(=O)c1cc(C)n(C)n1. The highest BCUT2D eigenvalue weighted by Crippen LogP contribution is 2.36. The van der Waals surface area contributed by atoms with Crippen LogP contribution in [0.3, 0.4) is 0 Å². The van der Waals surface area contributed by atoms with Gasteiger partial charge in [-0.25, -0.2) is 9.52 Å². The van der Waals surface area contributed by atoms with Crippen molar-refractivity contribution in [3.63, 3.8) is 0 Å². The van der Waals surface area contributed by atoms with Crippen molar-refractivity contribution in [2.24, 2.45) is 7.05 Å². The number of aromatic nitrogens is 2. The maximum Gasteiger partial charge on any atom is 0.333 e. The molecule has 0 spiro atoms. The molecule has 1 fully saturated rings. The Morgan fingerprint density at radius 2 is 2.00 bits per heavy atom. The van der Waals surface area contributed by atoms with Gasteiger partial charge in [-0.05, 0) is 68.6 Å². The molecule has 7 nitrogen and oxygen atoms in total. The molecular formula is C19H26N4O3S. The van der Waals surface area contributed by atoms with Crippen LogP contribution in [0, 0.1) is 6.92 Å². The van der Waals surface area contributed by atoms with Crippen molar-refractivity contribution in [3.05, 3.63) is 46.8 Å². The number of carbonyl (C=O) groups excluding carboxylic acids is 1. The van der Waals surface area contributed by atoms with Crippen molar-refractivity contribution in [1.82, 2.24) is 19.8 Å². The number of hydrogen-bond donors (Lipinski definition) is 2. The van der Waals surface area contributed by atoms with E-state index in [0.29, 0.717) is 11.4 Å². The molecule has 1 heterocycles. The quantitative estimate of drug-likeness (QED) is 0.829.